The van der Waals surface area contributed by atoms with Crippen LogP contribution in [-0.4, -0.2) is 32.2 Å². The number of anilines is 4. The molecule has 0 aliphatic rings. The molecule has 0 saturated heterocycles. The van der Waals surface area contributed by atoms with Crippen molar-refractivity contribution >= 4 is 22.7 Å². The first-order valence-electron chi connectivity index (χ1n) is 11.3. The van der Waals surface area contributed by atoms with Gasteiger partial charge in [0.1, 0.15) is 0 Å². The highest BCUT2D eigenvalue weighted by Gasteiger charge is 2.18. The van der Waals surface area contributed by atoms with Crippen molar-refractivity contribution in [2.45, 2.75) is 32.9 Å². The van der Waals surface area contributed by atoms with Crippen LogP contribution in [0.25, 0.3) is 0 Å². The lowest BCUT2D eigenvalue weighted by atomic mass is 10.1. The lowest BCUT2D eigenvalue weighted by molar-refractivity contribution is 0.576. The van der Waals surface area contributed by atoms with E-state index >= 15 is 0 Å². The molecule has 0 radical (unpaired) electrons. The lowest BCUT2D eigenvalue weighted by Crippen LogP contribution is -2.45. The predicted molar refractivity (Wildman–Crippen MR) is 135 cm³/mol. The van der Waals surface area contributed by atoms with E-state index in [1.165, 1.54) is 0 Å². The largest absolute Gasteiger partial charge is 0.399 e. The summed E-state index contributed by atoms with van der Waals surface area (Å²) in [4.78, 5) is 8.32. The molecule has 0 bridgehead atoms. The molecule has 2 heterocycles. The number of hydrazine groups is 1. The summed E-state index contributed by atoms with van der Waals surface area (Å²) in [5.74, 6) is 0. The highest BCUT2D eigenvalue weighted by molar-refractivity contribution is 5.63. The Labute approximate surface area is 195 Å². The molecule has 0 fully saturated rings. The number of nitrogens with zero attached hydrogens (tertiary/aromatic N) is 6. The summed E-state index contributed by atoms with van der Waals surface area (Å²) in [5, 5.41) is 4.69. The van der Waals surface area contributed by atoms with Crippen LogP contribution in [0.3, 0.4) is 0 Å². The molecule has 0 saturated carbocycles. The zero-order valence-electron chi connectivity index (χ0n) is 19.1. The monoisotopic (exact) mass is 444 g/mol. The van der Waals surface area contributed by atoms with Crippen molar-refractivity contribution in [2.24, 2.45) is 0 Å². The number of aromatic nitrogens is 4. The summed E-state index contributed by atoms with van der Waals surface area (Å²) in [6.07, 6.45) is 13.3. The highest BCUT2D eigenvalue weighted by Crippen LogP contribution is 2.27. The van der Waals surface area contributed by atoms with Gasteiger partial charge in [-0.15, -0.1) is 0 Å². The van der Waals surface area contributed by atoms with Crippen molar-refractivity contribution in [2.75, 3.05) is 34.6 Å². The number of imidazole rings is 2. The van der Waals surface area contributed by atoms with Gasteiger partial charge in [-0.2, -0.15) is 0 Å². The summed E-state index contributed by atoms with van der Waals surface area (Å²) in [5.41, 5.74) is 17.0. The molecule has 4 rings (SSSR count). The Bertz CT molecular complexity index is 1100. The van der Waals surface area contributed by atoms with E-state index in [1.54, 1.807) is 0 Å². The summed E-state index contributed by atoms with van der Waals surface area (Å²) in [6, 6.07) is 14.3. The van der Waals surface area contributed by atoms with Crippen LogP contribution < -0.4 is 21.5 Å². The van der Waals surface area contributed by atoms with Gasteiger partial charge in [-0.1, -0.05) is 0 Å². The number of hydrogen-bond donors (Lipinski definition) is 2. The molecular formula is C25H32N8. The van der Waals surface area contributed by atoms with Crippen LogP contribution in [0.5, 0.6) is 0 Å². The van der Waals surface area contributed by atoms with Crippen molar-refractivity contribution in [1.29, 1.82) is 0 Å². The van der Waals surface area contributed by atoms with Gasteiger partial charge >= 0.3 is 0 Å². The van der Waals surface area contributed by atoms with E-state index in [0.717, 1.165) is 67.3 Å². The normalized spacial score (nSPS) is 10.9. The Hall–Kier alpha value is -3.94. The molecule has 8 heteroatoms. The second-order valence-electron chi connectivity index (χ2n) is 8.19. The van der Waals surface area contributed by atoms with Crippen molar-refractivity contribution in [1.82, 2.24) is 19.1 Å². The van der Waals surface area contributed by atoms with E-state index in [0.29, 0.717) is 0 Å². The Morgan fingerprint density at radius 3 is 1.82 bits per heavy atom. The molecule has 0 unspecified atom stereocenters. The second kappa shape index (κ2) is 10.6. The smallest absolute Gasteiger partial charge is 0.0945 e. The minimum Gasteiger partial charge on any atom is -0.399 e. The first-order chi connectivity index (χ1) is 16.1. The second-order valence-corrected chi connectivity index (χ2v) is 8.19. The zero-order chi connectivity index (χ0) is 23.0. The number of benzene rings is 2. The molecule has 4 aromatic rings. The molecule has 172 valence electrons. The maximum Gasteiger partial charge on any atom is 0.0945 e. The molecule has 2 aromatic carbocycles. The van der Waals surface area contributed by atoms with Crippen LogP contribution in [0, 0.1) is 6.92 Å². The number of nitrogen functional groups attached to an aromatic ring is 2. The summed E-state index contributed by atoms with van der Waals surface area (Å²) >= 11 is 0. The van der Waals surface area contributed by atoms with Crippen molar-refractivity contribution in [3.8, 4) is 0 Å². The lowest BCUT2D eigenvalue weighted by Gasteiger charge is -2.39. The van der Waals surface area contributed by atoms with Crippen LogP contribution in [-0.2, 0) is 13.1 Å². The van der Waals surface area contributed by atoms with Crippen molar-refractivity contribution in [3.05, 3.63) is 85.5 Å². The summed E-state index contributed by atoms with van der Waals surface area (Å²) < 4.78 is 4.22. The number of rotatable bonds is 11. The molecule has 33 heavy (non-hydrogen) atoms. The van der Waals surface area contributed by atoms with Gasteiger partial charge in [0.05, 0.1) is 24.0 Å². The van der Waals surface area contributed by atoms with E-state index in [2.05, 4.69) is 60.3 Å². The third-order valence-corrected chi connectivity index (χ3v) is 5.72. The first kappa shape index (κ1) is 22.3. The highest BCUT2D eigenvalue weighted by atomic mass is 15.6. The predicted octanol–water partition coefficient (Wildman–Crippen LogP) is 3.96. The van der Waals surface area contributed by atoms with Crippen LogP contribution in [0.2, 0.25) is 0 Å². The number of hydrogen-bond acceptors (Lipinski definition) is 6. The SMILES string of the molecule is Cc1cc(N(CCCn2ccnc2)N(CCCn2ccnc2)c2ccc(N)cc2)ccc1N. The standard InChI is InChI=1S/C25H32N8/c1-21-18-24(8-9-25(21)27)33(15-3-13-31-17-11-29-20-31)32(23-6-4-22(26)5-7-23)14-2-12-30-16-10-28-19-30/h4-11,16-20H,2-3,12-15,26-27H2,1H3. The molecule has 4 N–H and O–H groups in total. The molecule has 8 nitrogen and oxygen atoms in total. The minimum atomic E-state index is 0.757. The third-order valence-electron chi connectivity index (χ3n) is 5.72. The van der Waals surface area contributed by atoms with Crippen molar-refractivity contribution in [3.63, 3.8) is 0 Å². The van der Waals surface area contributed by atoms with Crippen LogP contribution in [0.1, 0.15) is 18.4 Å². The van der Waals surface area contributed by atoms with E-state index in [1.807, 2.05) is 55.6 Å². The topological polar surface area (TPSA) is 94.2 Å². The van der Waals surface area contributed by atoms with E-state index in [4.69, 9.17) is 11.5 Å². The van der Waals surface area contributed by atoms with E-state index in [-0.39, 0.29) is 0 Å². The first-order valence-corrected chi connectivity index (χ1v) is 11.3. The van der Waals surface area contributed by atoms with Gasteiger partial charge in [-0.25, -0.2) is 9.97 Å². The van der Waals surface area contributed by atoms with Gasteiger partial charge in [-0.05, 0) is 67.8 Å². The fourth-order valence-corrected chi connectivity index (χ4v) is 3.89. The Morgan fingerprint density at radius 1 is 0.758 bits per heavy atom. The van der Waals surface area contributed by atoms with Crippen LogP contribution in [0.4, 0.5) is 22.7 Å². The Kier molecular flexibility index (Phi) is 7.14. The number of nitrogens with two attached hydrogens (primary N) is 2. The van der Waals surface area contributed by atoms with Gasteiger partial charge in [0.15, 0.2) is 0 Å². The maximum atomic E-state index is 6.13. The summed E-state index contributed by atoms with van der Waals surface area (Å²) in [7, 11) is 0. The summed E-state index contributed by atoms with van der Waals surface area (Å²) in [6.45, 7) is 5.53. The van der Waals surface area contributed by atoms with Crippen LogP contribution in [0.15, 0.2) is 79.9 Å². The average molecular weight is 445 g/mol. The van der Waals surface area contributed by atoms with Gasteiger partial charge in [0.2, 0.25) is 0 Å². The fourth-order valence-electron chi connectivity index (χ4n) is 3.89. The molecule has 2 aromatic heterocycles. The molecule has 0 atom stereocenters. The Balaban J connectivity index is 1.60. The Morgan fingerprint density at radius 2 is 1.30 bits per heavy atom. The number of aryl methyl sites for hydroxylation is 3. The van der Waals surface area contributed by atoms with Crippen molar-refractivity contribution < 1.29 is 0 Å². The molecule has 0 amide bonds. The van der Waals surface area contributed by atoms with E-state index < -0.39 is 0 Å². The quantitative estimate of drug-likeness (QED) is 0.269. The van der Waals surface area contributed by atoms with Gasteiger partial charge in [0.25, 0.3) is 0 Å². The van der Waals surface area contributed by atoms with Gasteiger partial charge < -0.3 is 20.6 Å². The molecule has 0 aliphatic carbocycles. The van der Waals surface area contributed by atoms with Gasteiger partial charge in [0, 0.05) is 62.3 Å². The molecular weight excluding hydrogens is 412 g/mol. The average Bonchev–Trinajstić information content (AvgIpc) is 3.52. The molecule has 0 aliphatic heterocycles. The minimum absolute atomic E-state index is 0.757. The maximum absolute atomic E-state index is 6.13. The zero-order valence-corrected chi connectivity index (χ0v) is 19.1. The third kappa shape index (κ3) is 5.85. The van der Waals surface area contributed by atoms with Crippen LogP contribution >= 0.6 is 0 Å². The van der Waals surface area contributed by atoms with E-state index in [9.17, 15) is 0 Å². The fraction of sp³-hybridized carbons (Fsp3) is 0.280. The van der Waals surface area contributed by atoms with Gasteiger partial charge in [-0.3, -0.25) is 10.0 Å². The molecule has 0 spiro atoms.